The number of rotatable bonds is 6. The quantitative estimate of drug-likeness (QED) is 0.724. The molecule has 6 nitrogen and oxygen atoms in total. The Labute approximate surface area is 139 Å². The number of nitrogens with two attached hydrogens (primary N) is 1. The molecule has 3 amide bonds. The van der Waals surface area contributed by atoms with E-state index in [0.717, 1.165) is 45.4 Å². The highest BCUT2D eigenvalue weighted by atomic mass is 16.2. The lowest BCUT2D eigenvalue weighted by Crippen LogP contribution is -2.42. The summed E-state index contributed by atoms with van der Waals surface area (Å²) in [5, 5.41) is 2.62. The summed E-state index contributed by atoms with van der Waals surface area (Å²) in [6, 6.07) is -0.476. The van der Waals surface area contributed by atoms with E-state index >= 15 is 0 Å². The second kappa shape index (κ2) is 8.91. The van der Waals surface area contributed by atoms with Crippen molar-refractivity contribution >= 4 is 11.9 Å². The first kappa shape index (κ1) is 17.8. The predicted octanol–water partition coefficient (Wildman–Crippen LogP) is 1.33. The van der Waals surface area contributed by atoms with Crippen molar-refractivity contribution in [1.29, 1.82) is 0 Å². The Morgan fingerprint density at radius 2 is 2.09 bits per heavy atom. The van der Waals surface area contributed by atoms with E-state index in [0.29, 0.717) is 12.5 Å². The number of primary amides is 1. The molecule has 130 valence electrons. The van der Waals surface area contributed by atoms with Gasteiger partial charge in [0.25, 0.3) is 0 Å². The summed E-state index contributed by atoms with van der Waals surface area (Å²) < 4.78 is 0. The monoisotopic (exact) mass is 322 g/mol. The van der Waals surface area contributed by atoms with Crippen molar-refractivity contribution in [2.24, 2.45) is 11.7 Å². The molecule has 23 heavy (non-hydrogen) atoms. The van der Waals surface area contributed by atoms with Gasteiger partial charge in [0, 0.05) is 45.7 Å². The lowest BCUT2D eigenvalue weighted by Gasteiger charge is -2.31. The van der Waals surface area contributed by atoms with Gasteiger partial charge in [-0.3, -0.25) is 9.69 Å². The zero-order valence-corrected chi connectivity index (χ0v) is 14.2. The Hall–Kier alpha value is -1.56. The minimum absolute atomic E-state index is 0.230. The summed E-state index contributed by atoms with van der Waals surface area (Å²) in [6.07, 6.45) is 8.99. The van der Waals surface area contributed by atoms with Gasteiger partial charge in [-0.2, -0.15) is 0 Å². The largest absolute Gasteiger partial charge is 0.352 e. The zero-order chi connectivity index (χ0) is 16.7. The molecule has 1 aliphatic carbocycles. The number of nitrogens with one attached hydrogen (secondary N) is 1. The predicted molar refractivity (Wildman–Crippen MR) is 90.9 cm³/mol. The van der Waals surface area contributed by atoms with Gasteiger partial charge in [-0.1, -0.05) is 25.3 Å². The lowest BCUT2D eigenvalue weighted by atomic mass is 9.88. The average molecular weight is 322 g/mol. The number of hydrogen-bond donors (Lipinski definition) is 2. The highest BCUT2D eigenvalue weighted by Crippen LogP contribution is 2.25. The second-order valence-corrected chi connectivity index (χ2v) is 6.75. The molecule has 0 radical (unpaired) electrons. The number of carbonyl (C=O) groups is 2. The molecule has 1 aliphatic heterocycles. The fraction of sp³-hybridized carbons (Fsp3) is 0.765. The molecule has 0 spiro atoms. The summed E-state index contributed by atoms with van der Waals surface area (Å²) in [7, 11) is 1.92. The molecule has 1 saturated carbocycles. The second-order valence-electron chi connectivity index (χ2n) is 6.75. The van der Waals surface area contributed by atoms with Gasteiger partial charge < -0.3 is 16.0 Å². The third kappa shape index (κ3) is 5.86. The average Bonchev–Trinajstić information content (AvgIpc) is 2.55. The maximum Gasteiger partial charge on any atom is 0.312 e. The van der Waals surface area contributed by atoms with Crippen LogP contribution in [-0.2, 0) is 4.79 Å². The van der Waals surface area contributed by atoms with Crippen molar-refractivity contribution < 1.29 is 9.59 Å². The van der Waals surface area contributed by atoms with Crippen LogP contribution in [0.1, 0.15) is 38.5 Å². The molecule has 1 fully saturated rings. The van der Waals surface area contributed by atoms with E-state index in [9.17, 15) is 9.59 Å². The molecule has 1 heterocycles. The van der Waals surface area contributed by atoms with E-state index in [1.54, 1.807) is 0 Å². The third-order valence-corrected chi connectivity index (χ3v) is 4.80. The van der Waals surface area contributed by atoms with E-state index in [-0.39, 0.29) is 5.92 Å². The number of hydrogen-bond acceptors (Lipinski definition) is 3. The minimum Gasteiger partial charge on any atom is -0.352 e. The van der Waals surface area contributed by atoms with E-state index in [2.05, 4.69) is 16.3 Å². The molecule has 0 atom stereocenters. The molecule has 0 aromatic heterocycles. The molecule has 6 heteroatoms. The van der Waals surface area contributed by atoms with E-state index in [1.807, 2.05) is 11.9 Å². The third-order valence-electron chi connectivity index (χ3n) is 4.80. The first-order valence-electron chi connectivity index (χ1n) is 8.75. The smallest absolute Gasteiger partial charge is 0.312 e. The standard InChI is InChI=1S/C17H30N4O2/c1-20(16(22)15-7-3-2-4-8-15)12-14-6-5-10-21(13-14)11-9-19-17(18)23/h6,15H,2-5,7-13H2,1H3,(H3,18,19,23). The van der Waals surface area contributed by atoms with Crippen LogP contribution in [0.4, 0.5) is 4.79 Å². The Kier molecular flexibility index (Phi) is 6.89. The molecule has 0 aromatic rings. The minimum atomic E-state index is -0.476. The Bertz CT molecular complexity index is 444. The molecule has 0 saturated heterocycles. The molecule has 0 unspecified atom stereocenters. The van der Waals surface area contributed by atoms with E-state index in [4.69, 9.17) is 5.73 Å². The van der Waals surface area contributed by atoms with Crippen LogP contribution in [0.5, 0.6) is 0 Å². The highest BCUT2D eigenvalue weighted by molar-refractivity contribution is 5.78. The van der Waals surface area contributed by atoms with Crippen LogP contribution >= 0.6 is 0 Å². The molecule has 3 N–H and O–H groups in total. The molecular weight excluding hydrogens is 292 g/mol. The summed E-state index contributed by atoms with van der Waals surface area (Å²) in [5.41, 5.74) is 6.37. The first-order chi connectivity index (χ1) is 11.1. The van der Waals surface area contributed by atoms with Crippen molar-refractivity contribution in [3.05, 3.63) is 11.6 Å². The van der Waals surface area contributed by atoms with Gasteiger partial charge in [-0.05, 0) is 24.8 Å². The normalized spacial score (nSPS) is 20.0. The van der Waals surface area contributed by atoms with Gasteiger partial charge in [-0.25, -0.2) is 4.79 Å². The van der Waals surface area contributed by atoms with Crippen LogP contribution in [-0.4, -0.2) is 61.5 Å². The van der Waals surface area contributed by atoms with Crippen LogP contribution in [0, 0.1) is 5.92 Å². The molecule has 2 aliphatic rings. The van der Waals surface area contributed by atoms with Crippen molar-refractivity contribution in [3.8, 4) is 0 Å². The van der Waals surface area contributed by atoms with Gasteiger partial charge in [0.1, 0.15) is 0 Å². The van der Waals surface area contributed by atoms with Gasteiger partial charge in [0.15, 0.2) is 0 Å². The number of carbonyl (C=O) groups excluding carboxylic acids is 2. The number of amides is 3. The topological polar surface area (TPSA) is 78.7 Å². The van der Waals surface area contributed by atoms with Crippen LogP contribution in [0.25, 0.3) is 0 Å². The Morgan fingerprint density at radius 3 is 2.78 bits per heavy atom. The molecule has 0 bridgehead atoms. The molecule has 2 rings (SSSR count). The number of likely N-dealkylation sites (N-methyl/N-ethyl adjacent to an activating group) is 1. The number of urea groups is 1. The Balaban J connectivity index is 1.76. The van der Waals surface area contributed by atoms with Crippen LogP contribution < -0.4 is 11.1 Å². The zero-order valence-electron chi connectivity index (χ0n) is 14.2. The SMILES string of the molecule is CN(CC1=CCCN(CCNC(N)=O)C1)C(=O)C1CCCCC1. The summed E-state index contributed by atoms with van der Waals surface area (Å²) in [5.74, 6) is 0.534. The van der Waals surface area contributed by atoms with Gasteiger partial charge in [0.2, 0.25) is 5.91 Å². The maximum atomic E-state index is 12.5. The lowest BCUT2D eigenvalue weighted by molar-refractivity contribution is -0.134. The Morgan fingerprint density at radius 1 is 1.35 bits per heavy atom. The van der Waals surface area contributed by atoms with Crippen molar-refractivity contribution in [2.75, 3.05) is 39.8 Å². The van der Waals surface area contributed by atoms with Crippen LogP contribution in [0.2, 0.25) is 0 Å². The van der Waals surface area contributed by atoms with E-state index in [1.165, 1.54) is 24.8 Å². The number of nitrogens with zero attached hydrogens (tertiary/aromatic N) is 2. The van der Waals surface area contributed by atoms with Crippen molar-refractivity contribution in [2.45, 2.75) is 38.5 Å². The van der Waals surface area contributed by atoms with Gasteiger partial charge >= 0.3 is 6.03 Å². The fourth-order valence-corrected chi connectivity index (χ4v) is 3.57. The van der Waals surface area contributed by atoms with Crippen LogP contribution in [0.15, 0.2) is 11.6 Å². The first-order valence-corrected chi connectivity index (χ1v) is 8.75. The maximum absolute atomic E-state index is 12.5. The molecule has 0 aromatic carbocycles. The van der Waals surface area contributed by atoms with Crippen molar-refractivity contribution in [3.63, 3.8) is 0 Å². The van der Waals surface area contributed by atoms with Crippen molar-refractivity contribution in [1.82, 2.24) is 15.1 Å². The summed E-state index contributed by atoms with van der Waals surface area (Å²) in [6.45, 7) is 3.93. The molecular formula is C17H30N4O2. The van der Waals surface area contributed by atoms with E-state index < -0.39 is 6.03 Å². The highest BCUT2D eigenvalue weighted by Gasteiger charge is 2.25. The van der Waals surface area contributed by atoms with Gasteiger partial charge in [0.05, 0.1) is 0 Å². The van der Waals surface area contributed by atoms with Crippen LogP contribution in [0.3, 0.4) is 0 Å². The summed E-state index contributed by atoms with van der Waals surface area (Å²) in [4.78, 5) is 27.4. The fourth-order valence-electron chi connectivity index (χ4n) is 3.57. The van der Waals surface area contributed by atoms with Gasteiger partial charge in [-0.15, -0.1) is 0 Å². The summed E-state index contributed by atoms with van der Waals surface area (Å²) >= 11 is 0.